The summed E-state index contributed by atoms with van der Waals surface area (Å²) in [6.07, 6.45) is 0. The zero-order valence-corrected chi connectivity index (χ0v) is 12.2. The van der Waals surface area contributed by atoms with E-state index in [1.165, 1.54) is 21.0 Å². The second-order valence-electron chi connectivity index (χ2n) is 4.69. The molecule has 0 aliphatic carbocycles. The number of nitrogens with one attached hydrogen (secondary N) is 2. The Hall–Kier alpha value is -1.95. The van der Waals surface area contributed by atoms with E-state index in [0.29, 0.717) is 16.3 Å². The molecule has 3 N–H and O–H groups in total. The maximum Gasteiger partial charge on any atom is 0.328 e. The Balaban J connectivity index is 2.66. The summed E-state index contributed by atoms with van der Waals surface area (Å²) in [5.74, 6) is -0.528. The monoisotopic (exact) mass is 300 g/mol. The molecule has 0 bridgehead atoms. The van der Waals surface area contributed by atoms with Gasteiger partial charge in [0.2, 0.25) is 0 Å². The maximum atomic E-state index is 11.7. The van der Waals surface area contributed by atoms with Crippen LogP contribution >= 0.6 is 11.6 Å². The van der Waals surface area contributed by atoms with Crippen LogP contribution in [-0.4, -0.2) is 29.8 Å². The van der Waals surface area contributed by atoms with E-state index < -0.39 is 17.5 Å². The van der Waals surface area contributed by atoms with Gasteiger partial charge in [-0.2, -0.15) is 0 Å². The molecule has 0 fully saturated rings. The number of carbonyl (C=O) groups is 2. The van der Waals surface area contributed by atoms with E-state index in [4.69, 9.17) is 21.4 Å². The van der Waals surface area contributed by atoms with Crippen molar-refractivity contribution < 1.29 is 19.4 Å². The third-order valence-electron chi connectivity index (χ3n) is 2.64. The number of benzene rings is 1. The third-order valence-corrected chi connectivity index (χ3v) is 2.88. The standard InChI is InChI=1S/C13H17ClN2O4/c1-13(2,11(17)18)16-12(19)15-7-8-6-9(14)4-5-10(8)20-3/h4-6H,7H2,1-3H3,(H,17,18)(H2,15,16,19). The van der Waals surface area contributed by atoms with Crippen molar-refractivity contribution in [2.75, 3.05) is 7.11 Å². The number of hydrogen-bond donors (Lipinski definition) is 3. The van der Waals surface area contributed by atoms with E-state index >= 15 is 0 Å². The molecule has 6 nitrogen and oxygen atoms in total. The van der Waals surface area contributed by atoms with Crippen LogP contribution in [0.5, 0.6) is 5.75 Å². The lowest BCUT2D eigenvalue weighted by molar-refractivity contribution is -0.142. The molecule has 0 aliphatic rings. The predicted octanol–water partition coefficient (Wildman–Crippen LogP) is 2.01. The van der Waals surface area contributed by atoms with Gasteiger partial charge in [0, 0.05) is 17.1 Å². The van der Waals surface area contributed by atoms with Crippen LogP contribution in [0.15, 0.2) is 18.2 Å². The summed E-state index contributed by atoms with van der Waals surface area (Å²) >= 11 is 5.88. The Kier molecular flexibility index (Phi) is 5.21. The molecule has 0 atom stereocenters. The number of urea groups is 1. The van der Waals surface area contributed by atoms with Gasteiger partial charge in [0.15, 0.2) is 0 Å². The zero-order chi connectivity index (χ0) is 15.3. The highest BCUT2D eigenvalue weighted by molar-refractivity contribution is 6.30. The van der Waals surface area contributed by atoms with Crippen molar-refractivity contribution in [1.29, 1.82) is 0 Å². The molecule has 1 aromatic rings. The molecule has 0 heterocycles. The van der Waals surface area contributed by atoms with Crippen molar-refractivity contribution in [1.82, 2.24) is 10.6 Å². The Morgan fingerprint density at radius 1 is 1.40 bits per heavy atom. The fourth-order valence-corrected chi connectivity index (χ4v) is 1.64. The predicted molar refractivity (Wildman–Crippen MR) is 75.1 cm³/mol. The summed E-state index contributed by atoms with van der Waals surface area (Å²) in [5.41, 5.74) is -0.647. The van der Waals surface area contributed by atoms with E-state index in [2.05, 4.69) is 10.6 Å². The third kappa shape index (κ3) is 4.31. The van der Waals surface area contributed by atoms with Gasteiger partial charge in [-0.3, -0.25) is 0 Å². The first-order valence-corrected chi connectivity index (χ1v) is 6.26. The van der Waals surface area contributed by atoms with E-state index in [-0.39, 0.29) is 6.54 Å². The Bertz CT molecular complexity index is 517. The molecule has 0 unspecified atom stereocenters. The van der Waals surface area contributed by atoms with Crippen LogP contribution in [0.3, 0.4) is 0 Å². The SMILES string of the molecule is COc1ccc(Cl)cc1CNC(=O)NC(C)(C)C(=O)O. The van der Waals surface area contributed by atoms with Crippen LogP contribution in [0.1, 0.15) is 19.4 Å². The van der Waals surface area contributed by atoms with Gasteiger partial charge in [-0.15, -0.1) is 0 Å². The largest absolute Gasteiger partial charge is 0.496 e. The van der Waals surface area contributed by atoms with Crippen LogP contribution in [0.4, 0.5) is 4.79 Å². The van der Waals surface area contributed by atoms with Crippen molar-refractivity contribution in [3.8, 4) is 5.75 Å². The van der Waals surface area contributed by atoms with Crippen LogP contribution < -0.4 is 15.4 Å². The van der Waals surface area contributed by atoms with E-state index in [1.807, 2.05) is 0 Å². The van der Waals surface area contributed by atoms with E-state index in [1.54, 1.807) is 18.2 Å². The molecule has 1 rings (SSSR count). The number of methoxy groups -OCH3 is 1. The summed E-state index contributed by atoms with van der Waals surface area (Å²) < 4.78 is 5.15. The minimum absolute atomic E-state index is 0.172. The maximum absolute atomic E-state index is 11.7. The number of aliphatic carboxylic acids is 1. The number of rotatable bonds is 5. The molecule has 1 aromatic carbocycles. The van der Waals surface area contributed by atoms with Crippen molar-refractivity contribution >= 4 is 23.6 Å². The smallest absolute Gasteiger partial charge is 0.328 e. The van der Waals surface area contributed by atoms with E-state index in [9.17, 15) is 9.59 Å². The highest BCUT2D eigenvalue weighted by Gasteiger charge is 2.28. The summed E-state index contributed by atoms with van der Waals surface area (Å²) in [6, 6.07) is 4.46. The molecule has 110 valence electrons. The van der Waals surface area contributed by atoms with Crippen molar-refractivity contribution in [2.24, 2.45) is 0 Å². The summed E-state index contributed by atoms with van der Waals surface area (Å²) in [5, 5.41) is 14.4. The average molecular weight is 301 g/mol. The minimum Gasteiger partial charge on any atom is -0.496 e. The van der Waals surface area contributed by atoms with Crippen LogP contribution in [0.2, 0.25) is 5.02 Å². The van der Waals surface area contributed by atoms with Crippen molar-refractivity contribution in [2.45, 2.75) is 25.9 Å². The Morgan fingerprint density at radius 3 is 2.60 bits per heavy atom. The molecule has 0 saturated heterocycles. The van der Waals surface area contributed by atoms with Gasteiger partial charge in [0.25, 0.3) is 0 Å². The van der Waals surface area contributed by atoms with E-state index in [0.717, 1.165) is 0 Å². The number of carboxylic acids is 1. The van der Waals surface area contributed by atoms with Crippen LogP contribution in [0.25, 0.3) is 0 Å². The molecular weight excluding hydrogens is 284 g/mol. The molecular formula is C13H17ClN2O4. The van der Waals surface area contributed by atoms with Gasteiger partial charge in [0.1, 0.15) is 11.3 Å². The van der Waals surface area contributed by atoms with Crippen LogP contribution in [0, 0.1) is 0 Å². The van der Waals surface area contributed by atoms with Gasteiger partial charge in [-0.25, -0.2) is 9.59 Å². The topological polar surface area (TPSA) is 87.7 Å². The highest BCUT2D eigenvalue weighted by atomic mass is 35.5. The highest BCUT2D eigenvalue weighted by Crippen LogP contribution is 2.22. The lowest BCUT2D eigenvalue weighted by Crippen LogP contribution is -2.53. The molecule has 0 radical (unpaired) electrons. The molecule has 20 heavy (non-hydrogen) atoms. The Morgan fingerprint density at radius 2 is 2.05 bits per heavy atom. The second-order valence-corrected chi connectivity index (χ2v) is 5.13. The fraction of sp³-hybridized carbons (Fsp3) is 0.385. The van der Waals surface area contributed by atoms with Gasteiger partial charge < -0.3 is 20.5 Å². The molecule has 0 aromatic heterocycles. The molecule has 0 saturated carbocycles. The lowest BCUT2D eigenvalue weighted by atomic mass is 10.1. The quantitative estimate of drug-likeness (QED) is 0.776. The lowest BCUT2D eigenvalue weighted by Gasteiger charge is -2.21. The first kappa shape index (κ1) is 16.1. The average Bonchev–Trinajstić information content (AvgIpc) is 2.35. The normalized spacial score (nSPS) is 10.8. The molecule has 0 spiro atoms. The first-order valence-electron chi connectivity index (χ1n) is 5.88. The van der Waals surface area contributed by atoms with Gasteiger partial charge in [-0.05, 0) is 32.0 Å². The summed E-state index contributed by atoms with van der Waals surface area (Å²) in [7, 11) is 1.51. The van der Waals surface area contributed by atoms with Crippen LogP contribution in [-0.2, 0) is 11.3 Å². The number of hydrogen-bond acceptors (Lipinski definition) is 3. The number of halogens is 1. The molecule has 2 amide bonds. The van der Waals surface area contributed by atoms with Crippen molar-refractivity contribution in [3.63, 3.8) is 0 Å². The Labute approximate surface area is 122 Å². The summed E-state index contributed by atoms with van der Waals surface area (Å²) in [6.45, 7) is 2.97. The van der Waals surface area contributed by atoms with Gasteiger partial charge in [0.05, 0.1) is 7.11 Å². The van der Waals surface area contributed by atoms with Crippen molar-refractivity contribution in [3.05, 3.63) is 28.8 Å². The molecule has 7 heteroatoms. The summed E-state index contributed by atoms with van der Waals surface area (Å²) in [4.78, 5) is 22.6. The second kappa shape index (κ2) is 6.47. The number of amides is 2. The fourth-order valence-electron chi connectivity index (χ4n) is 1.44. The number of ether oxygens (including phenoxy) is 1. The molecule has 0 aliphatic heterocycles. The number of carbonyl (C=O) groups excluding carboxylic acids is 1. The van der Waals surface area contributed by atoms with Gasteiger partial charge >= 0.3 is 12.0 Å². The minimum atomic E-state index is -1.34. The number of carboxylic acid groups (broad SMARTS) is 1. The zero-order valence-electron chi connectivity index (χ0n) is 11.5. The van der Waals surface area contributed by atoms with Gasteiger partial charge in [-0.1, -0.05) is 11.6 Å². The first-order chi connectivity index (χ1) is 9.26.